The van der Waals surface area contributed by atoms with E-state index >= 15 is 0 Å². The zero-order valence-electron chi connectivity index (χ0n) is 11.8. The number of piperidine rings is 1. The van der Waals surface area contributed by atoms with Crippen LogP contribution in [0.25, 0.3) is 0 Å². The summed E-state index contributed by atoms with van der Waals surface area (Å²) in [4.78, 5) is 1.76. The van der Waals surface area contributed by atoms with Gasteiger partial charge in [0.05, 0.1) is 12.6 Å². The van der Waals surface area contributed by atoms with Crippen LogP contribution in [0.3, 0.4) is 0 Å². The fraction of sp³-hybridized carbons (Fsp3) is 0.600. The van der Waals surface area contributed by atoms with Crippen LogP contribution in [0.2, 0.25) is 0 Å². The second-order valence-corrected chi connectivity index (χ2v) is 5.44. The number of ether oxygens (including phenoxy) is 1. The Balaban J connectivity index is 1.97. The molecule has 112 valence electrons. The molecular formula is C15H22F2N2O. The highest BCUT2D eigenvalue weighted by atomic mass is 19.3. The molecule has 0 radical (unpaired) electrons. The van der Waals surface area contributed by atoms with Crippen molar-refractivity contribution < 1.29 is 13.5 Å². The van der Waals surface area contributed by atoms with Crippen LogP contribution in [0.4, 0.5) is 8.78 Å². The number of likely N-dealkylation sites (tertiary alicyclic amines) is 1. The molecule has 1 heterocycles. The van der Waals surface area contributed by atoms with Gasteiger partial charge in [-0.2, -0.15) is 0 Å². The standard InChI is InChI=1S/C15H22F2N2O/c1-20-14-8-15(16,17)11-19(10-14)9-13-4-2-12(3-5-13)6-7-18/h2-5,14H,6-11,18H2,1H3/t14-/m1/s1. The second-order valence-electron chi connectivity index (χ2n) is 5.44. The number of methoxy groups -OCH3 is 1. The molecule has 0 spiro atoms. The van der Waals surface area contributed by atoms with Crippen molar-refractivity contribution in [2.75, 3.05) is 26.7 Å². The summed E-state index contributed by atoms with van der Waals surface area (Å²) in [6.07, 6.45) is 0.263. The Bertz CT molecular complexity index is 422. The molecule has 1 fully saturated rings. The molecule has 0 saturated carbocycles. The quantitative estimate of drug-likeness (QED) is 0.899. The first-order valence-corrected chi connectivity index (χ1v) is 6.93. The molecule has 2 N–H and O–H groups in total. The molecule has 0 unspecified atom stereocenters. The predicted molar refractivity (Wildman–Crippen MR) is 74.8 cm³/mol. The molecule has 3 nitrogen and oxygen atoms in total. The van der Waals surface area contributed by atoms with E-state index in [0.29, 0.717) is 19.6 Å². The Morgan fingerprint density at radius 1 is 1.30 bits per heavy atom. The van der Waals surface area contributed by atoms with Crippen LogP contribution in [-0.4, -0.2) is 43.7 Å². The highest BCUT2D eigenvalue weighted by molar-refractivity contribution is 5.22. The first kappa shape index (κ1) is 15.4. The minimum absolute atomic E-state index is 0.185. The van der Waals surface area contributed by atoms with Gasteiger partial charge in [-0.1, -0.05) is 24.3 Å². The van der Waals surface area contributed by atoms with Gasteiger partial charge in [-0.3, -0.25) is 4.90 Å². The molecule has 0 aromatic heterocycles. The van der Waals surface area contributed by atoms with E-state index in [-0.39, 0.29) is 13.0 Å². The van der Waals surface area contributed by atoms with E-state index in [9.17, 15) is 8.78 Å². The van der Waals surface area contributed by atoms with E-state index in [1.54, 1.807) is 4.90 Å². The maximum atomic E-state index is 13.6. The number of rotatable bonds is 5. The maximum Gasteiger partial charge on any atom is 0.263 e. The maximum absolute atomic E-state index is 13.6. The minimum Gasteiger partial charge on any atom is -0.380 e. The molecule has 1 aromatic rings. The summed E-state index contributed by atoms with van der Waals surface area (Å²) in [5.74, 6) is -2.67. The van der Waals surface area contributed by atoms with Crippen molar-refractivity contribution in [1.82, 2.24) is 4.90 Å². The molecule has 1 saturated heterocycles. The Morgan fingerprint density at radius 3 is 2.55 bits per heavy atom. The van der Waals surface area contributed by atoms with Crippen molar-refractivity contribution in [2.24, 2.45) is 5.73 Å². The smallest absolute Gasteiger partial charge is 0.263 e. The zero-order chi connectivity index (χ0) is 14.6. The van der Waals surface area contributed by atoms with Crippen molar-refractivity contribution in [3.8, 4) is 0 Å². The average Bonchev–Trinajstić information content (AvgIpc) is 2.39. The van der Waals surface area contributed by atoms with Crippen LogP contribution >= 0.6 is 0 Å². The topological polar surface area (TPSA) is 38.5 Å². The second kappa shape index (κ2) is 6.61. The lowest BCUT2D eigenvalue weighted by Gasteiger charge is -2.36. The molecular weight excluding hydrogens is 262 g/mol. The Hall–Kier alpha value is -1.04. The first-order chi connectivity index (χ1) is 9.52. The Morgan fingerprint density at radius 2 is 1.95 bits per heavy atom. The minimum atomic E-state index is -2.67. The van der Waals surface area contributed by atoms with Gasteiger partial charge >= 0.3 is 0 Å². The van der Waals surface area contributed by atoms with E-state index in [1.807, 2.05) is 24.3 Å². The third-order valence-electron chi connectivity index (χ3n) is 3.64. The number of halogens is 2. The summed E-state index contributed by atoms with van der Waals surface area (Å²) in [6, 6.07) is 8.00. The van der Waals surface area contributed by atoms with Gasteiger partial charge in [0, 0.05) is 26.6 Å². The molecule has 2 rings (SSSR count). The molecule has 0 bridgehead atoms. The molecule has 1 aromatic carbocycles. The summed E-state index contributed by atoms with van der Waals surface area (Å²) in [6.45, 7) is 1.50. The Kier molecular flexibility index (Phi) is 5.07. The molecule has 0 amide bonds. The average molecular weight is 284 g/mol. The van der Waals surface area contributed by atoms with Crippen molar-refractivity contribution in [3.63, 3.8) is 0 Å². The van der Waals surface area contributed by atoms with E-state index < -0.39 is 12.0 Å². The van der Waals surface area contributed by atoms with Gasteiger partial charge in [-0.05, 0) is 24.1 Å². The van der Waals surface area contributed by atoms with Crippen LogP contribution in [0.5, 0.6) is 0 Å². The van der Waals surface area contributed by atoms with Gasteiger partial charge in [-0.25, -0.2) is 8.78 Å². The predicted octanol–water partition coefficient (Wildman–Crippen LogP) is 2.04. The molecule has 1 atom stereocenters. The van der Waals surface area contributed by atoms with E-state index in [1.165, 1.54) is 12.7 Å². The summed E-state index contributed by atoms with van der Waals surface area (Å²) in [7, 11) is 1.49. The number of hydrogen-bond acceptors (Lipinski definition) is 3. The fourth-order valence-corrected chi connectivity index (χ4v) is 2.66. The lowest BCUT2D eigenvalue weighted by Crippen LogP contribution is -2.49. The van der Waals surface area contributed by atoms with E-state index in [2.05, 4.69) is 0 Å². The van der Waals surface area contributed by atoms with Crippen molar-refractivity contribution in [2.45, 2.75) is 31.4 Å². The molecule has 1 aliphatic heterocycles. The van der Waals surface area contributed by atoms with Gasteiger partial charge in [0.15, 0.2) is 0 Å². The largest absolute Gasteiger partial charge is 0.380 e. The number of nitrogens with zero attached hydrogens (tertiary/aromatic N) is 1. The lowest BCUT2D eigenvalue weighted by molar-refractivity contribution is -0.118. The monoisotopic (exact) mass is 284 g/mol. The number of benzene rings is 1. The van der Waals surface area contributed by atoms with Crippen molar-refractivity contribution >= 4 is 0 Å². The van der Waals surface area contributed by atoms with Gasteiger partial charge in [0.2, 0.25) is 0 Å². The number of alkyl halides is 2. The van der Waals surface area contributed by atoms with Gasteiger partial charge < -0.3 is 10.5 Å². The van der Waals surface area contributed by atoms with Gasteiger partial charge in [0.25, 0.3) is 5.92 Å². The van der Waals surface area contributed by atoms with Crippen LogP contribution < -0.4 is 5.73 Å². The molecule has 0 aliphatic carbocycles. The SMILES string of the molecule is CO[C@H]1CN(Cc2ccc(CCN)cc2)CC(F)(F)C1. The van der Waals surface area contributed by atoms with Crippen LogP contribution in [0.15, 0.2) is 24.3 Å². The molecule has 5 heteroatoms. The summed E-state index contributed by atoms with van der Waals surface area (Å²) < 4.78 is 32.4. The van der Waals surface area contributed by atoms with E-state index in [4.69, 9.17) is 10.5 Å². The lowest BCUT2D eigenvalue weighted by atomic mass is 10.0. The first-order valence-electron chi connectivity index (χ1n) is 6.93. The van der Waals surface area contributed by atoms with Gasteiger partial charge in [-0.15, -0.1) is 0 Å². The molecule has 20 heavy (non-hydrogen) atoms. The summed E-state index contributed by atoms with van der Waals surface area (Å²) in [5, 5.41) is 0. The van der Waals surface area contributed by atoms with Gasteiger partial charge in [0.1, 0.15) is 0 Å². The third-order valence-corrected chi connectivity index (χ3v) is 3.64. The van der Waals surface area contributed by atoms with Crippen LogP contribution in [0, 0.1) is 0 Å². The zero-order valence-corrected chi connectivity index (χ0v) is 11.8. The highest BCUT2D eigenvalue weighted by Crippen LogP contribution is 2.29. The van der Waals surface area contributed by atoms with Crippen LogP contribution in [0.1, 0.15) is 17.5 Å². The van der Waals surface area contributed by atoms with Crippen molar-refractivity contribution in [3.05, 3.63) is 35.4 Å². The number of hydrogen-bond donors (Lipinski definition) is 1. The fourth-order valence-electron chi connectivity index (χ4n) is 2.66. The molecule has 1 aliphatic rings. The summed E-state index contributed by atoms with van der Waals surface area (Å²) in [5.41, 5.74) is 7.72. The third kappa shape index (κ3) is 4.23. The summed E-state index contributed by atoms with van der Waals surface area (Å²) >= 11 is 0. The van der Waals surface area contributed by atoms with E-state index in [0.717, 1.165) is 12.0 Å². The van der Waals surface area contributed by atoms with Crippen molar-refractivity contribution in [1.29, 1.82) is 0 Å². The Labute approximate surface area is 118 Å². The highest BCUT2D eigenvalue weighted by Gasteiger charge is 2.40. The normalized spacial score (nSPS) is 22.9. The van der Waals surface area contributed by atoms with Crippen LogP contribution in [-0.2, 0) is 17.7 Å². The number of nitrogens with two attached hydrogens (primary N) is 1.